The first kappa shape index (κ1) is 19.7. The maximum Gasteiger partial charge on any atom is 0.417 e. The van der Waals surface area contributed by atoms with Gasteiger partial charge in [0.25, 0.3) is 5.91 Å². The van der Waals surface area contributed by atoms with Crippen molar-refractivity contribution in [1.29, 1.82) is 0 Å². The summed E-state index contributed by atoms with van der Waals surface area (Å²) in [4.78, 5) is 21.9. The number of carbonyl (C=O) groups is 1. The van der Waals surface area contributed by atoms with Crippen molar-refractivity contribution in [2.75, 3.05) is 12.4 Å². The highest BCUT2D eigenvalue weighted by Gasteiger charge is 2.34. The number of alkyl halides is 3. The maximum absolute atomic E-state index is 12.5. The van der Waals surface area contributed by atoms with Crippen LogP contribution in [0.5, 0.6) is 0 Å². The fraction of sp³-hybridized carbons (Fsp3) is 0.647. The van der Waals surface area contributed by atoms with Crippen molar-refractivity contribution in [2.24, 2.45) is 0 Å². The second-order valence-electron chi connectivity index (χ2n) is 6.82. The minimum Gasteiger partial charge on any atom is -0.308 e. The van der Waals surface area contributed by atoms with E-state index in [9.17, 15) is 18.0 Å². The first-order valence-corrected chi connectivity index (χ1v) is 8.36. The smallest absolute Gasteiger partial charge is 0.308 e. The molecule has 8 heteroatoms. The number of aromatic nitrogens is 1. The molecule has 25 heavy (non-hydrogen) atoms. The molecular formula is C17H24F3N3O2. The maximum atomic E-state index is 12.5. The van der Waals surface area contributed by atoms with E-state index in [0.29, 0.717) is 6.20 Å². The van der Waals surface area contributed by atoms with E-state index in [1.54, 1.807) is 26.0 Å². The second-order valence-corrected chi connectivity index (χ2v) is 6.82. The number of nitrogens with zero attached hydrogens (tertiary/aromatic N) is 2. The first-order valence-electron chi connectivity index (χ1n) is 8.36. The van der Waals surface area contributed by atoms with Crippen LogP contribution in [0.4, 0.5) is 19.0 Å². The van der Waals surface area contributed by atoms with Crippen LogP contribution in [0, 0.1) is 0 Å². The number of nitrogens with one attached hydrogen (secondary N) is 1. The van der Waals surface area contributed by atoms with Crippen LogP contribution >= 0.6 is 0 Å². The Hall–Kier alpha value is -1.67. The molecule has 1 aliphatic rings. The molecular weight excluding hydrogens is 335 g/mol. The Balaban J connectivity index is 1.95. The molecule has 1 fully saturated rings. The van der Waals surface area contributed by atoms with E-state index in [0.717, 1.165) is 37.8 Å². The normalized spacial score (nSPS) is 16.9. The summed E-state index contributed by atoms with van der Waals surface area (Å²) >= 11 is 0. The van der Waals surface area contributed by atoms with Crippen LogP contribution in [0.15, 0.2) is 18.3 Å². The topological polar surface area (TPSA) is 54.5 Å². The number of anilines is 1. The Morgan fingerprint density at radius 2 is 1.88 bits per heavy atom. The summed E-state index contributed by atoms with van der Waals surface area (Å²) in [5.74, 6) is -0.419. The second kappa shape index (κ2) is 7.70. The van der Waals surface area contributed by atoms with Crippen molar-refractivity contribution in [3.05, 3.63) is 23.9 Å². The summed E-state index contributed by atoms with van der Waals surface area (Å²) < 4.78 is 37.6. The number of hydrogen-bond donors (Lipinski definition) is 1. The summed E-state index contributed by atoms with van der Waals surface area (Å²) in [6.07, 6.45) is 1.77. The lowest BCUT2D eigenvalue weighted by molar-refractivity contribution is -0.237. The molecule has 1 aromatic rings. The summed E-state index contributed by atoms with van der Waals surface area (Å²) in [7, 11) is 1.81. The summed E-state index contributed by atoms with van der Waals surface area (Å²) in [6, 6.07) is 2.27. The van der Waals surface area contributed by atoms with E-state index in [-0.39, 0.29) is 11.9 Å². The van der Waals surface area contributed by atoms with E-state index >= 15 is 0 Å². The minimum atomic E-state index is -4.46. The number of rotatable bonds is 5. The molecule has 0 aliphatic heterocycles. The molecule has 0 bridgehead atoms. The van der Waals surface area contributed by atoms with Crippen LogP contribution in [0.1, 0.15) is 51.5 Å². The van der Waals surface area contributed by atoms with Crippen LogP contribution in [0.2, 0.25) is 0 Å². The highest BCUT2D eigenvalue weighted by Crippen LogP contribution is 2.29. The molecule has 1 amide bonds. The summed E-state index contributed by atoms with van der Waals surface area (Å²) in [6.45, 7) is 3.23. The molecule has 1 heterocycles. The van der Waals surface area contributed by atoms with Crippen molar-refractivity contribution >= 4 is 11.7 Å². The predicted octanol–water partition coefficient (Wildman–Crippen LogP) is 4.01. The quantitative estimate of drug-likeness (QED) is 0.807. The lowest BCUT2D eigenvalue weighted by Crippen LogP contribution is -2.47. The molecule has 5 nitrogen and oxygen atoms in total. The van der Waals surface area contributed by atoms with Gasteiger partial charge in [-0.3, -0.25) is 9.63 Å². The van der Waals surface area contributed by atoms with Crippen LogP contribution in [0.25, 0.3) is 0 Å². The standard InChI is InChI=1S/C17H24F3N3O2/c1-16(2,25-23(3)13-7-5-4-6-8-13)15(24)22-14-10-9-12(11-21-14)17(18,19)20/h9-11,13H,4-8H2,1-3H3,(H,21,22,24). The van der Waals surface area contributed by atoms with Gasteiger partial charge in [-0.15, -0.1) is 0 Å². The Kier molecular flexibility index (Phi) is 6.05. The van der Waals surface area contributed by atoms with Gasteiger partial charge < -0.3 is 5.32 Å². The predicted molar refractivity (Wildman–Crippen MR) is 87.7 cm³/mol. The number of halogens is 3. The summed E-state index contributed by atoms with van der Waals surface area (Å²) in [5.41, 5.74) is -2.03. The van der Waals surface area contributed by atoms with Gasteiger partial charge in [-0.25, -0.2) is 4.98 Å². The molecule has 0 aromatic carbocycles. The van der Waals surface area contributed by atoms with Crippen LogP contribution in [-0.2, 0) is 15.8 Å². The van der Waals surface area contributed by atoms with Gasteiger partial charge >= 0.3 is 6.18 Å². The van der Waals surface area contributed by atoms with Gasteiger partial charge in [-0.1, -0.05) is 19.3 Å². The van der Waals surface area contributed by atoms with Gasteiger partial charge in [-0.2, -0.15) is 18.2 Å². The molecule has 140 valence electrons. The first-order chi connectivity index (χ1) is 11.6. The van der Waals surface area contributed by atoms with Crippen molar-refractivity contribution in [3.63, 3.8) is 0 Å². The zero-order valence-corrected chi connectivity index (χ0v) is 14.7. The Bertz CT molecular complexity index is 582. The minimum absolute atomic E-state index is 0.0509. The van der Waals surface area contributed by atoms with Crippen LogP contribution in [0.3, 0.4) is 0 Å². The van der Waals surface area contributed by atoms with Crippen molar-refractivity contribution in [2.45, 2.75) is 63.8 Å². The van der Waals surface area contributed by atoms with Gasteiger partial charge in [0.15, 0.2) is 5.60 Å². The highest BCUT2D eigenvalue weighted by atomic mass is 19.4. The molecule has 0 radical (unpaired) electrons. The fourth-order valence-corrected chi connectivity index (χ4v) is 2.82. The highest BCUT2D eigenvalue weighted by molar-refractivity contribution is 5.95. The molecule has 0 atom stereocenters. The number of hydrogen-bond acceptors (Lipinski definition) is 4. The number of pyridine rings is 1. The van der Waals surface area contributed by atoms with Crippen molar-refractivity contribution in [1.82, 2.24) is 10.0 Å². The van der Waals surface area contributed by atoms with E-state index in [1.807, 2.05) is 0 Å². The summed E-state index contributed by atoms with van der Waals surface area (Å²) in [5, 5.41) is 4.22. The van der Waals surface area contributed by atoms with Gasteiger partial charge in [-0.05, 0) is 38.8 Å². The third kappa shape index (κ3) is 5.40. The van der Waals surface area contributed by atoms with E-state index in [4.69, 9.17) is 4.84 Å². The molecule has 1 aliphatic carbocycles. The Morgan fingerprint density at radius 3 is 2.40 bits per heavy atom. The fourth-order valence-electron chi connectivity index (χ4n) is 2.82. The molecule has 0 spiro atoms. The van der Waals surface area contributed by atoms with Crippen molar-refractivity contribution < 1.29 is 22.8 Å². The van der Waals surface area contributed by atoms with Gasteiger partial charge in [0.1, 0.15) is 5.82 Å². The largest absolute Gasteiger partial charge is 0.417 e. The van der Waals surface area contributed by atoms with Crippen molar-refractivity contribution in [3.8, 4) is 0 Å². The molecule has 0 unspecified atom stereocenters. The lowest BCUT2D eigenvalue weighted by Gasteiger charge is -2.35. The molecule has 1 saturated carbocycles. The Labute approximate surface area is 145 Å². The van der Waals surface area contributed by atoms with E-state index < -0.39 is 23.2 Å². The monoisotopic (exact) mass is 359 g/mol. The zero-order chi connectivity index (χ0) is 18.7. The molecule has 1 aromatic heterocycles. The molecule has 2 rings (SSSR count). The average Bonchev–Trinajstić information content (AvgIpc) is 2.55. The average molecular weight is 359 g/mol. The number of hydroxylamine groups is 2. The number of amides is 1. The van der Waals surface area contributed by atoms with Crippen LogP contribution < -0.4 is 5.32 Å². The van der Waals surface area contributed by atoms with Gasteiger partial charge in [0.05, 0.1) is 5.56 Å². The lowest BCUT2D eigenvalue weighted by atomic mass is 9.95. The van der Waals surface area contributed by atoms with E-state index in [1.165, 1.54) is 6.42 Å². The Morgan fingerprint density at radius 1 is 1.24 bits per heavy atom. The van der Waals surface area contributed by atoms with E-state index in [2.05, 4.69) is 10.3 Å². The van der Waals surface area contributed by atoms with Gasteiger partial charge in [0.2, 0.25) is 0 Å². The molecule has 1 N–H and O–H groups in total. The molecule has 0 saturated heterocycles. The zero-order valence-electron chi connectivity index (χ0n) is 14.7. The third-order valence-electron chi connectivity index (χ3n) is 4.34. The SMILES string of the molecule is CN(OC(C)(C)C(=O)Nc1ccc(C(F)(F)F)cn1)C1CCCCC1. The number of carbonyl (C=O) groups excluding carboxylic acids is 1. The van der Waals surface area contributed by atoms with Gasteiger partial charge in [0, 0.05) is 19.3 Å². The third-order valence-corrected chi connectivity index (χ3v) is 4.34. The van der Waals surface area contributed by atoms with Crippen LogP contribution in [-0.4, -0.2) is 34.6 Å².